The van der Waals surface area contributed by atoms with Crippen LogP contribution in [0.2, 0.25) is 0 Å². The molecule has 0 atom stereocenters. The van der Waals surface area contributed by atoms with Crippen LogP contribution >= 0.6 is 11.3 Å². The van der Waals surface area contributed by atoms with Gasteiger partial charge in [0.2, 0.25) is 11.8 Å². The summed E-state index contributed by atoms with van der Waals surface area (Å²) in [5.74, 6) is 1.41. The number of likely N-dealkylation sites (N-methyl/N-ethyl adjacent to an activating group) is 1. The highest BCUT2D eigenvalue weighted by Crippen LogP contribution is 2.38. The zero-order valence-electron chi connectivity index (χ0n) is 12.8. The fourth-order valence-corrected chi connectivity index (χ4v) is 2.99. The third kappa shape index (κ3) is 2.96. The highest BCUT2D eigenvalue weighted by molar-refractivity contribution is 7.09. The maximum absolute atomic E-state index is 12.3. The quantitative estimate of drug-likeness (QED) is 0.832. The number of aromatic nitrogens is 3. The van der Waals surface area contributed by atoms with E-state index >= 15 is 0 Å². The molecule has 0 N–H and O–H groups in total. The number of carbonyl (C=O) groups excluding carboxylic acids is 1. The molecule has 0 aliphatic heterocycles. The van der Waals surface area contributed by atoms with Crippen molar-refractivity contribution in [1.29, 1.82) is 0 Å². The molecule has 7 nitrogen and oxygen atoms in total. The lowest BCUT2D eigenvalue weighted by molar-refractivity contribution is -0.131. The van der Waals surface area contributed by atoms with Crippen LogP contribution in [-0.4, -0.2) is 32.6 Å². The molecule has 8 heteroatoms. The molecule has 0 unspecified atom stereocenters. The zero-order chi connectivity index (χ0) is 15.9. The highest BCUT2D eigenvalue weighted by Gasteiger charge is 2.29. The van der Waals surface area contributed by atoms with E-state index in [1.807, 2.05) is 13.8 Å². The average Bonchev–Trinajstić information content (AvgIpc) is 3.18. The molecule has 1 fully saturated rings. The predicted molar refractivity (Wildman–Crippen MR) is 80.8 cm³/mol. The van der Waals surface area contributed by atoms with Crippen LogP contribution in [0.1, 0.15) is 41.0 Å². The van der Waals surface area contributed by atoms with Crippen LogP contribution in [0.5, 0.6) is 0 Å². The maximum atomic E-state index is 12.3. The molecule has 0 aromatic carbocycles. The van der Waals surface area contributed by atoms with E-state index in [1.165, 1.54) is 9.47 Å². The topological polar surface area (TPSA) is 81.2 Å². The second-order valence-corrected chi connectivity index (χ2v) is 6.83. The van der Waals surface area contributed by atoms with E-state index in [1.54, 1.807) is 7.05 Å². The van der Waals surface area contributed by atoms with Crippen molar-refractivity contribution in [2.45, 2.75) is 45.7 Å². The van der Waals surface area contributed by atoms with Gasteiger partial charge in [-0.2, -0.15) is 4.98 Å². The van der Waals surface area contributed by atoms with Crippen LogP contribution in [0.15, 0.2) is 9.32 Å². The first kappa shape index (κ1) is 15.0. The molecule has 1 aliphatic rings. The van der Waals surface area contributed by atoms with Crippen LogP contribution in [-0.2, 0) is 17.9 Å². The molecular weight excluding hydrogens is 304 g/mol. The van der Waals surface area contributed by atoms with Gasteiger partial charge in [0.1, 0.15) is 6.54 Å². The second kappa shape index (κ2) is 5.68. The van der Waals surface area contributed by atoms with Crippen molar-refractivity contribution in [3.8, 4) is 0 Å². The van der Waals surface area contributed by atoms with Gasteiger partial charge < -0.3 is 9.42 Å². The van der Waals surface area contributed by atoms with Crippen molar-refractivity contribution in [2.24, 2.45) is 0 Å². The van der Waals surface area contributed by atoms with E-state index in [0.717, 1.165) is 34.7 Å². The number of hydrogen-bond donors (Lipinski definition) is 0. The summed E-state index contributed by atoms with van der Waals surface area (Å²) in [6, 6.07) is 0. The number of carbonyl (C=O) groups is 1. The highest BCUT2D eigenvalue weighted by atomic mass is 32.1. The van der Waals surface area contributed by atoms with Gasteiger partial charge in [-0.25, -0.2) is 0 Å². The van der Waals surface area contributed by atoms with Gasteiger partial charge in [-0.3, -0.25) is 14.2 Å². The Morgan fingerprint density at radius 3 is 2.77 bits per heavy atom. The average molecular weight is 322 g/mol. The number of nitrogens with zero attached hydrogens (tertiary/aromatic N) is 4. The Labute approximate surface area is 131 Å². The minimum absolute atomic E-state index is 0.0405. The Kier molecular flexibility index (Phi) is 3.86. The number of hydrogen-bond acceptors (Lipinski definition) is 6. The Morgan fingerprint density at radius 2 is 2.18 bits per heavy atom. The molecule has 2 aromatic rings. The normalized spacial score (nSPS) is 14.3. The van der Waals surface area contributed by atoms with Crippen LogP contribution in [0.25, 0.3) is 0 Å². The molecular formula is C14H18N4O3S. The summed E-state index contributed by atoms with van der Waals surface area (Å²) < 4.78 is 6.68. The van der Waals surface area contributed by atoms with Gasteiger partial charge in [0.05, 0.1) is 6.54 Å². The molecule has 22 heavy (non-hydrogen) atoms. The Bertz CT molecular complexity index is 756. The SMILES string of the molecule is Cc1sc(=O)n(CC(=O)N(C)Cc2noc(C3CC3)n2)c1C. The van der Waals surface area contributed by atoms with Crippen molar-refractivity contribution in [1.82, 2.24) is 19.6 Å². The molecule has 2 aromatic heterocycles. The molecule has 0 saturated heterocycles. The Balaban J connectivity index is 1.64. The van der Waals surface area contributed by atoms with Gasteiger partial charge in [0.25, 0.3) is 0 Å². The minimum atomic E-state index is -0.152. The third-order valence-corrected chi connectivity index (χ3v) is 4.88. The van der Waals surface area contributed by atoms with E-state index in [2.05, 4.69) is 10.1 Å². The van der Waals surface area contributed by atoms with Crippen molar-refractivity contribution >= 4 is 17.2 Å². The summed E-state index contributed by atoms with van der Waals surface area (Å²) in [5, 5.41) is 3.90. The van der Waals surface area contributed by atoms with E-state index in [0.29, 0.717) is 17.6 Å². The lowest BCUT2D eigenvalue weighted by Gasteiger charge is -2.15. The predicted octanol–water partition coefficient (Wildman–Crippen LogP) is 1.45. The lowest BCUT2D eigenvalue weighted by Crippen LogP contribution is -2.32. The van der Waals surface area contributed by atoms with Gasteiger partial charge in [0.15, 0.2) is 5.82 Å². The molecule has 0 radical (unpaired) electrons. The fourth-order valence-electron chi connectivity index (χ4n) is 2.15. The largest absolute Gasteiger partial charge is 0.339 e. The molecule has 0 spiro atoms. The molecule has 1 amide bonds. The molecule has 1 saturated carbocycles. The number of aryl methyl sites for hydroxylation is 1. The van der Waals surface area contributed by atoms with Crippen molar-refractivity contribution in [3.05, 3.63) is 32.0 Å². The molecule has 0 bridgehead atoms. The summed E-state index contributed by atoms with van der Waals surface area (Å²) in [4.78, 5) is 30.8. The monoisotopic (exact) mass is 322 g/mol. The number of rotatable bonds is 5. The van der Waals surface area contributed by atoms with E-state index < -0.39 is 0 Å². The molecule has 118 valence electrons. The van der Waals surface area contributed by atoms with Gasteiger partial charge in [-0.15, -0.1) is 0 Å². The summed E-state index contributed by atoms with van der Waals surface area (Å²) in [7, 11) is 1.68. The standard InChI is InChI=1S/C14H18N4O3S/c1-8-9(2)22-14(20)18(8)7-12(19)17(3)6-11-15-13(21-16-11)10-4-5-10/h10H,4-7H2,1-3H3. The molecule has 2 heterocycles. The molecule has 3 rings (SSSR count). The van der Waals surface area contributed by atoms with Crippen molar-refractivity contribution < 1.29 is 9.32 Å². The summed E-state index contributed by atoms with van der Waals surface area (Å²) in [6.45, 7) is 4.05. The smallest absolute Gasteiger partial charge is 0.308 e. The first-order chi connectivity index (χ1) is 10.5. The first-order valence-electron chi connectivity index (χ1n) is 7.19. The van der Waals surface area contributed by atoms with E-state index in [9.17, 15) is 9.59 Å². The summed E-state index contributed by atoms with van der Waals surface area (Å²) in [5.41, 5.74) is 0.840. The van der Waals surface area contributed by atoms with Gasteiger partial charge in [-0.1, -0.05) is 16.5 Å². The van der Waals surface area contributed by atoms with Gasteiger partial charge in [0, 0.05) is 23.5 Å². The van der Waals surface area contributed by atoms with Gasteiger partial charge in [-0.05, 0) is 26.7 Å². The van der Waals surface area contributed by atoms with Crippen molar-refractivity contribution in [3.63, 3.8) is 0 Å². The second-order valence-electron chi connectivity index (χ2n) is 5.67. The third-order valence-electron chi connectivity index (χ3n) is 3.88. The summed E-state index contributed by atoms with van der Waals surface area (Å²) in [6.07, 6.45) is 2.19. The zero-order valence-corrected chi connectivity index (χ0v) is 13.6. The lowest BCUT2D eigenvalue weighted by atomic mass is 10.4. The van der Waals surface area contributed by atoms with E-state index in [4.69, 9.17) is 4.52 Å². The van der Waals surface area contributed by atoms with Crippen LogP contribution < -0.4 is 4.87 Å². The Morgan fingerprint density at radius 1 is 1.45 bits per heavy atom. The number of amides is 1. The first-order valence-corrected chi connectivity index (χ1v) is 8.00. The van der Waals surface area contributed by atoms with Gasteiger partial charge >= 0.3 is 4.87 Å². The fraction of sp³-hybridized carbons (Fsp3) is 0.571. The molecule has 1 aliphatic carbocycles. The maximum Gasteiger partial charge on any atom is 0.308 e. The number of thiazole rings is 1. The minimum Gasteiger partial charge on any atom is -0.339 e. The van der Waals surface area contributed by atoms with Crippen LogP contribution in [0, 0.1) is 13.8 Å². The van der Waals surface area contributed by atoms with Crippen LogP contribution in [0.3, 0.4) is 0 Å². The van der Waals surface area contributed by atoms with Crippen molar-refractivity contribution in [2.75, 3.05) is 7.05 Å². The van der Waals surface area contributed by atoms with Crippen LogP contribution in [0.4, 0.5) is 0 Å². The Hall–Kier alpha value is -1.96. The van der Waals surface area contributed by atoms with E-state index in [-0.39, 0.29) is 23.9 Å². The summed E-state index contributed by atoms with van der Waals surface area (Å²) >= 11 is 1.16.